The zero-order valence-electron chi connectivity index (χ0n) is 26.5. The van der Waals surface area contributed by atoms with Gasteiger partial charge in [-0.1, -0.05) is 84.9 Å². The van der Waals surface area contributed by atoms with Crippen molar-refractivity contribution < 1.29 is 0 Å². The van der Waals surface area contributed by atoms with Gasteiger partial charge >= 0.3 is 0 Å². The summed E-state index contributed by atoms with van der Waals surface area (Å²) in [4.78, 5) is 4.51. The Hall–Kier alpha value is -6.65. The van der Waals surface area contributed by atoms with Gasteiger partial charge in [-0.2, -0.15) is 0 Å². The number of para-hydroxylation sites is 3. The van der Waals surface area contributed by atoms with E-state index in [1.54, 1.807) is 0 Å². The molecule has 0 saturated carbocycles. The van der Waals surface area contributed by atoms with Gasteiger partial charge in [0, 0.05) is 55.6 Å². The molecule has 0 spiro atoms. The molecule has 0 bridgehead atoms. The highest BCUT2D eigenvalue weighted by Crippen LogP contribution is 2.41. The molecule has 4 heterocycles. The summed E-state index contributed by atoms with van der Waals surface area (Å²) in [6.07, 6.45) is 3.87. The lowest BCUT2D eigenvalue weighted by Gasteiger charge is -2.11. The second kappa shape index (κ2) is 9.93. The Morgan fingerprint density at radius 3 is 1.57 bits per heavy atom. The number of fused-ring (bicyclic) bond motifs is 10. The van der Waals surface area contributed by atoms with Crippen LogP contribution in [0.1, 0.15) is 0 Å². The van der Waals surface area contributed by atoms with Crippen molar-refractivity contribution in [1.29, 1.82) is 0 Å². The first-order valence-electron chi connectivity index (χ1n) is 16.7. The molecular weight excluding hydrogens is 597 g/mol. The van der Waals surface area contributed by atoms with Gasteiger partial charge in [0.25, 0.3) is 0 Å². The molecule has 0 fully saturated rings. The second-order valence-corrected chi connectivity index (χ2v) is 12.9. The van der Waals surface area contributed by atoms with Crippen molar-refractivity contribution in [3.05, 3.63) is 170 Å². The zero-order chi connectivity index (χ0) is 32.1. The van der Waals surface area contributed by atoms with Crippen LogP contribution in [0, 0.1) is 0 Å². The van der Waals surface area contributed by atoms with Crippen LogP contribution in [0.2, 0.25) is 0 Å². The smallest absolute Gasteiger partial charge is 0.0724 e. The van der Waals surface area contributed by atoms with Gasteiger partial charge in [0.2, 0.25) is 0 Å². The highest BCUT2D eigenvalue weighted by molar-refractivity contribution is 6.19. The molecule has 0 atom stereocenters. The van der Waals surface area contributed by atoms with E-state index in [9.17, 15) is 0 Å². The molecule has 0 aliphatic heterocycles. The van der Waals surface area contributed by atoms with Crippen LogP contribution >= 0.6 is 0 Å². The van der Waals surface area contributed by atoms with E-state index in [-0.39, 0.29) is 0 Å². The molecule has 0 unspecified atom stereocenters. The van der Waals surface area contributed by atoms with Crippen molar-refractivity contribution in [3.63, 3.8) is 0 Å². The van der Waals surface area contributed by atoms with Crippen molar-refractivity contribution in [3.8, 4) is 17.1 Å². The fraction of sp³-hybridized carbons (Fsp3) is 0. The molecule has 11 aromatic rings. The lowest BCUT2D eigenvalue weighted by molar-refractivity contribution is 1.16. The maximum atomic E-state index is 4.51. The van der Waals surface area contributed by atoms with E-state index in [1.807, 2.05) is 12.4 Å². The molecule has 0 radical (unpaired) electrons. The van der Waals surface area contributed by atoms with Gasteiger partial charge in [-0.25, -0.2) is 0 Å². The lowest BCUT2D eigenvalue weighted by atomic mass is 10.1. The standard InChI is InChI=1S/C45H28N4/c1-2-12-31(13-3-1)47-42-21-20-33(25-37(42)36-22-23-46-28-45(36)47)49-41-17-9-7-15-35(41)39-26-43-38(27-44(39)49)34-14-6-8-16-40(34)48(43)32-19-18-29-10-4-5-11-30(29)24-32/h1-28H. The third-order valence-electron chi connectivity index (χ3n) is 10.3. The molecule has 4 aromatic heterocycles. The summed E-state index contributed by atoms with van der Waals surface area (Å²) in [5, 5.41) is 9.86. The predicted molar refractivity (Wildman–Crippen MR) is 205 cm³/mol. The average molecular weight is 625 g/mol. The largest absolute Gasteiger partial charge is 0.309 e. The summed E-state index contributed by atoms with van der Waals surface area (Å²) < 4.78 is 7.19. The minimum absolute atomic E-state index is 1.10. The third-order valence-corrected chi connectivity index (χ3v) is 10.3. The Bertz CT molecular complexity index is 3100. The first-order valence-corrected chi connectivity index (χ1v) is 16.7. The van der Waals surface area contributed by atoms with Crippen LogP contribution in [-0.4, -0.2) is 18.7 Å². The minimum atomic E-state index is 1.10. The van der Waals surface area contributed by atoms with E-state index in [4.69, 9.17) is 0 Å². The summed E-state index contributed by atoms with van der Waals surface area (Å²) in [5.74, 6) is 0. The van der Waals surface area contributed by atoms with Crippen molar-refractivity contribution >= 4 is 76.2 Å². The van der Waals surface area contributed by atoms with Crippen LogP contribution < -0.4 is 0 Å². The molecule has 4 heteroatoms. The van der Waals surface area contributed by atoms with Crippen molar-refractivity contribution in [2.75, 3.05) is 0 Å². The van der Waals surface area contributed by atoms with Gasteiger partial charge in [-0.05, 0) is 83.6 Å². The van der Waals surface area contributed by atoms with E-state index in [2.05, 4.69) is 176 Å². The van der Waals surface area contributed by atoms with Gasteiger partial charge in [0.15, 0.2) is 0 Å². The van der Waals surface area contributed by atoms with Crippen molar-refractivity contribution in [1.82, 2.24) is 18.7 Å². The average Bonchev–Trinajstić information content (AvgIpc) is 3.79. The summed E-state index contributed by atoms with van der Waals surface area (Å²) >= 11 is 0. The van der Waals surface area contributed by atoms with Crippen molar-refractivity contribution in [2.45, 2.75) is 0 Å². The Balaban J connectivity index is 1.22. The van der Waals surface area contributed by atoms with Gasteiger partial charge in [0.05, 0.1) is 39.3 Å². The summed E-state index contributed by atoms with van der Waals surface area (Å²) in [6.45, 7) is 0. The summed E-state index contributed by atoms with van der Waals surface area (Å²) in [6, 6.07) is 57.4. The Labute approximate surface area is 281 Å². The van der Waals surface area contributed by atoms with Crippen LogP contribution in [-0.2, 0) is 0 Å². The highest BCUT2D eigenvalue weighted by Gasteiger charge is 2.20. The molecule has 49 heavy (non-hydrogen) atoms. The minimum Gasteiger partial charge on any atom is -0.309 e. The molecular formula is C45H28N4. The van der Waals surface area contributed by atoms with Crippen molar-refractivity contribution in [2.24, 2.45) is 0 Å². The number of nitrogens with zero attached hydrogens (tertiary/aromatic N) is 4. The number of rotatable bonds is 3. The number of pyridine rings is 1. The third kappa shape index (κ3) is 3.71. The SMILES string of the molecule is c1ccc(-n2c3ccc(-n4c5ccccc5c5cc6c(cc54)c4ccccc4n6-c4ccc5ccccc5c4)cc3c3ccncc32)cc1. The quantitative estimate of drug-likeness (QED) is 0.192. The Morgan fingerprint density at radius 1 is 0.306 bits per heavy atom. The van der Waals surface area contributed by atoms with E-state index in [0.717, 1.165) is 16.9 Å². The van der Waals surface area contributed by atoms with E-state index < -0.39 is 0 Å². The van der Waals surface area contributed by atoms with Gasteiger partial charge < -0.3 is 13.7 Å². The number of aromatic nitrogens is 4. The zero-order valence-corrected chi connectivity index (χ0v) is 26.5. The molecule has 0 aliphatic rings. The van der Waals surface area contributed by atoms with E-state index >= 15 is 0 Å². The molecule has 11 rings (SSSR count). The molecule has 228 valence electrons. The van der Waals surface area contributed by atoms with E-state index in [0.29, 0.717) is 0 Å². The second-order valence-electron chi connectivity index (χ2n) is 12.9. The molecule has 0 N–H and O–H groups in total. The fourth-order valence-corrected chi connectivity index (χ4v) is 8.15. The predicted octanol–water partition coefficient (Wildman–Crippen LogP) is 11.5. The van der Waals surface area contributed by atoms with Gasteiger partial charge in [-0.15, -0.1) is 0 Å². The Kier molecular flexibility index (Phi) is 5.35. The van der Waals surface area contributed by atoms with E-state index in [1.165, 1.54) is 76.4 Å². The highest BCUT2D eigenvalue weighted by atomic mass is 15.0. The maximum Gasteiger partial charge on any atom is 0.0724 e. The normalized spacial score (nSPS) is 12.1. The molecule has 0 aliphatic carbocycles. The van der Waals surface area contributed by atoms with Crippen LogP contribution in [0.5, 0.6) is 0 Å². The Morgan fingerprint density at radius 2 is 0.837 bits per heavy atom. The molecule has 0 amide bonds. The number of hydrogen-bond acceptors (Lipinski definition) is 1. The van der Waals surface area contributed by atoms with Crippen LogP contribution in [0.3, 0.4) is 0 Å². The molecule has 7 aromatic carbocycles. The van der Waals surface area contributed by atoms with Crippen LogP contribution in [0.15, 0.2) is 170 Å². The maximum absolute atomic E-state index is 4.51. The van der Waals surface area contributed by atoms with Gasteiger partial charge in [0.1, 0.15) is 0 Å². The van der Waals surface area contributed by atoms with Crippen LogP contribution in [0.4, 0.5) is 0 Å². The topological polar surface area (TPSA) is 27.7 Å². The summed E-state index contributed by atoms with van der Waals surface area (Å²) in [7, 11) is 0. The first kappa shape index (κ1) is 26.4. The number of benzene rings is 7. The first-order chi connectivity index (χ1) is 24.3. The monoisotopic (exact) mass is 624 g/mol. The van der Waals surface area contributed by atoms with Crippen LogP contribution in [0.25, 0.3) is 93.3 Å². The fourth-order valence-electron chi connectivity index (χ4n) is 8.15. The van der Waals surface area contributed by atoms with Gasteiger partial charge in [-0.3, -0.25) is 4.98 Å². The number of hydrogen-bond donors (Lipinski definition) is 0. The summed E-state index contributed by atoms with van der Waals surface area (Å²) in [5.41, 5.74) is 10.5. The molecule has 4 nitrogen and oxygen atoms in total. The lowest BCUT2D eigenvalue weighted by Crippen LogP contribution is -1.96. The molecule has 0 saturated heterocycles.